The SMILES string of the molecule is O=C(OCC12CC3CC(C1)CC(Oc1ccc(S(=O)(=O)[O-])c4ccccc14)(C3)C2)C1CC2c3ccccc3C1c1ccccc12. The van der Waals surface area contributed by atoms with Gasteiger partial charge in [0.1, 0.15) is 21.5 Å². The zero-order valence-electron chi connectivity index (χ0n) is 25.0. The summed E-state index contributed by atoms with van der Waals surface area (Å²) in [6.07, 6.45) is 6.72. The molecule has 0 saturated heterocycles. The van der Waals surface area contributed by atoms with Crippen LogP contribution in [-0.2, 0) is 19.6 Å². The van der Waals surface area contributed by atoms with Gasteiger partial charge in [0, 0.05) is 28.0 Å². The van der Waals surface area contributed by atoms with E-state index in [0.717, 1.165) is 38.5 Å². The first kappa shape index (κ1) is 27.6. The smallest absolute Gasteiger partial charge is 0.309 e. The first-order valence-electron chi connectivity index (χ1n) is 16.2. The van der Waals surface area contributed by atoms with Gasteiger partial charge in [-0.15, -0.1) is 0 Å². The number of esters is 1. The summed E-state index contributed by atoms with van der Waals surface area (Å²) in [4.78, 5) is 13.8. The van der Waals surface area contributed by atoms with Crippen molar-refractivity contribution in [2.45, 2.75) is 67.3 Å². The van der Waals surface area contributed by atoms with Gasteiger partial charge in [0.15, 0.2) is 0 Å². The van der Waals surface area contributed by atoms with Crippen LogP contribution >= 0.6 is 0 Å². The Labute approximate surface area is 263 Å². The molecule has 6 nitrogen and oxygen atoms in total. The number of hydrogen-bond acceptors (Lipinski definition) is 6. The average Bonchev–Trinajstić information content (AvgIpc) is 3.02. The number of rotatable bonds is 6. The molecular weight excluding hydrogens is 584 g/mol. The van der Waals surface area contributed by atoms with Crippen molar-refractivity contribution in [3.63, 3.8) is 0 Å². The first-order chi connectivity index (χ1) is 21.7. The van der Waals surface area contributed by atoms with E-state index in [-0.39, 0.29) is 34.0 Å². The van der Waals surface area contributed by atoms with E-state index in [9.17, 15) is 17.8 Å². The van der Waals surface area contributed by atoms with Crippen LogP contribution in [0.4, 0.5) is 0 Å². The van der Waals surface area contributed by atoms with E-state index in [0.29, 0.717) is 35.0 Å². The van der Waals surface area contributed by atoms with Crippen molar-refractivity contribution in [3.8, 4) is 5.75 Å². The van der Waals surface area contributed by atoms with Gasteiger partial charge in [-0.25, -0.2) is 8.42 Å². The van der Waals surface area contributed by atoms with Crippen molar-refractivity contribution in [3.05, 3.63) is 107 Å². The van der Waals surface area contributed by atoms with E-state index in [1.807, 2.05) is 12.1 Å². The second-order valence-electron chi connectivity index (χ2n) is 14.5. The first-order valence-corrected chi connectivity index (χ1v) is 17.6. The Kier molecular flexibility index (Phi) is 5.93. The van der Waals surface area contributed by atoms with Crippen molar-refractivity contribution in [2.24, 2.45) is 23.2 Å². The average molecular weight is 620 g/mol. The maximum absolute atomic E-state index is 14.0. The number of carbonyl (C=O) groups excluding carboxylic acids is 1. The highest BCUT2D eigenvalue weighted by Gasteiger charge is 2.60. The molecule has 0 N–H and O–H groups in total. The molecule has 230 valence electrons. The molecule has 3 atom stereocenters. The Morgan fingerprint density at radius 3 is 2.00 bits per heavy atom. The molecule has 4 aromatic carbocycles. The Morgan fingerprint density at radius 2 is 1.36 bits per heavy atom. The lowest BCUT2D eigenvalue weighted by atomic mass is 9.48. The maximum Gasteiger partial charge on any atom is 0.309 e. The topological polar surface area (TPSA) is 92.7 Å². The molecule has 11 rings (SSSR count). The van der Waals surface area contributed by atoms with Gasteiger partial charge in [0.2, 0.25) is 0 Å². The molecule has 7 aliphatic carbocycles. The summed E-state index contributed by atoms with van der Waals surface area (Å²) in [6, 6.07) is 27.3. The van der Waals surface area contributed by atoms with Gasteiger partial charge in [-0.05, 0) is 91.2 Å². The lowest BCUT2D eigenvalue weighted by molar-refractivity contribution is -0.181. The highest BCUT2D eigenvalue weighted by molar-refractivity contribution is 7.86. The highest BCUT2D eigenvalue weighted by Crippen LogP contribution is 2.63. The summed E-state index contributed by atoms with van der Waals surface area (Å²) in [7, 11) is -4.62. The monoisotopic (exact) mass is 619 g/mol. The zero-order chi connectivity index (χ0) is 30.6. The number of carbonyl (C=O) groups is 1. The van der Waals surface area contributed by atoms with Crippen LogP contribution in [0.2, 0.25) is 0 Å². The van der Waals surface area contributed by atoms with Crippen LogP contribution in [0.3, 0.4) is 0 Å². The molecule has 4 saturated carbocycles. The van der Waals surface area contributed by atoms with Crippen molar-refractivity contribution in [1.82, 2.24) is 0 Å². The maximum atomic E-state index is 14.0. The summed E-state index contributed by atoms with van der Waals surface area (Å²) in [6.45, 7) is 0.412. The van der Waals surface area contributed by atoms with Gasteiger partial charge in [0.05, 0.1) is 17.4 Å². The second kappa shape index (κ2) is 9.66. The summed E-state index contributed by atoms with van der Waals surface area (Å²) in [5, 5.41) is 1.03. The highest BCUT2D eigenvalue weighted by atomic mass is 32.2. The molecule has 7 aliphatic rings. The standard InChI is InChI=1S/C38H36O6S/c39-36(32-16-31-25-7-1-5-11-29(25)35(32)30-12-6-2-8-26(30)31)43-22-37-17-23-15-24(18-37)20-38(19-23,21-37)44-33-13-14-34(45(40,41)42)28-10-4-3-9-27(28)33/h1-14,23-24,31-32,35H,15-22H2,(H,40,41,42)/p-1. The lowest BCUT2D eigenvalue weighted by Crippen LogP contribution is -2.59. The van der Waals surface area contributed by atoms with Gasteiger partial charge >= 0.3 is 5.97 Å². The summed E-state index contributed by atoms with van der Waals surface area (Å²) < 4.78 is 49.2. The Balaban J connectivity index is 0.985. The van der Waals surface area contributed by atoms with Crippen molar-refractivity contribution >= 4 is 26.9 Å². The van der Waals surface area contributed by atoms with Crippen LogP contribution in [0.5, 0.6) is 5.75 Å². The van der Waals surface area contributed by atoms with Crippen molar-refractivity contribution < 1.29 is 27.2 Å². The second-order valence-corrected chi connectivity index (χ2v) is 15.9. The van der Waals surface area contributed by atoms with E-state index in [4.69, 9.17) is 9.47 Å². The Morgan fingerprint density at radius 1 is 0.756 bits per heavy atom. The molecule has 0 amide bonds. The number of benzene rings is 4. The van der Waals surface area contributed by atoms with Crippen LogP contribution < -0.4 is 4.74 Å². The predicted octanol–water partition coefficient (Wildman–Crippen LogP) is 7.30. The molecule has 0 radical (unpaired) electrons. The fourth-order valence-corrected chi connectivity index (χ4v) is 11.3. The Hall–Kier alpha value is -3.68. The summed E-state index contributed by atoms with van der Waals surface area (Å²) in [5.74, 6) is 1.58. The molecule has 6 bridgehead atoms. The normalized spacial score (nSPS) is 32.2. The van der Waals surface area contributed by atoms with Gasteiger partial charge in [-0.2, -0.15) is 0 Å². The summed E-state index contributed by atoms with van der Waals surface area (Å²) in [5.41, 5.74) is 4.69. The van der Waals surface area contributed by atoms with Crippen LogP contribution in [0, 0.1) is 23.2 Å². The number of ether oxygens (including phenoxy) is 2. The third-order valence-corrected chi connectivity index (χ3v) is 12.6. The zero-order valence-corrected chi connectivity index (χ0v) is 25.8. The molecule has 0 heterocycles. The van der Waals surface area contributed by atoms with Gasteiger partial charge in [-0.1, -0.05) is 72.8 Å². The molecule has 4 aromatic rings. The number of hydrogen-bond donors (Lipinski definition) is 0. The molecule has 4 fully saturated rings. The molecule has 0 aliphatic heterocycles. The van der Waals surface area contributed by atoms with Crippen LogP contribution in [-0.4, -0.2) is 31.1 Å². The van der Waals surface area contributed by atoms with Gasteiger partial charge < -0.3 is 14.0 Å². The predicted molar refractivity (Wildman–Crippen MR) is 168 cm³/mol. The number of fused-ring (bicyclic) bond motifs is 2. The molecule has 0 aromatic heterocycles. The minimum absolute atomic E-state index is 0.0233. The van der Waals surface area contributed by atoms with E-state index in [1.165, 1.54) is 34.7 Å². The van der Waals surface area contributed by atoms with Gasteiger partial charge in [0.25, 0.3) is 0 Å². The lowest BCUT2D eigenvalue weighted by Gasteiger charge is -2.61. The minimum Gasteiger partial charge on any atom is -0.744 e. The molecule has 7 heteroatoms. The third kappa shape index (κ3) is 4.30. The van der Waals surface area contributed by atoms with E-state index < -0.39 is 15.7 Å². The van der Waals surface area contributed by atoms with E-state index in [1.54, 1.807) is 18.2 Å². The fraction of sp³-hybridized carbons (Fsp3) is 0.395. The van der Waals surface area contributed by atoms with Gasteiger partial charge in [-0.3, -0.25) is 4.79 Å². The van der Waals surface area contributed by atoms with Crippen LogP contribution in [0.15, 0.2) is 89.8 Å². The molecule has 0 spiro atoms. The molecule has 3 unspecified atom stereocenters. The molecule has 45 heavy (non-hydrogen) atoms. The van der Waals surface area contributed by atoms with E-state index in [2.05, 4.69) is 48.5 Å². The summed E-state index contributed by atoms with van der Waals surface area (Å²) >= 11 is 0. The quantitative estimate of drug-likeness (QED) is 0.166. The van der Waals surface area contributed by atoms with Crippen LogP contribution in [0.25, 0.3) is 10.8 Å². The van der Waals surface area contributed by atoms with Crippen molar-refractivity contribution in [2.75, 3.05) is 6.61 Å². The third-order valence-electron chi connectivity index (χ3n) is 11.7. The molecular formula is C38H35O6S-. The van der Waals surface area contributed by atoms with E-state index >= 15 is 0 Å². The largest absolute Gasteiger partial charge is 0.744 e. The van der Waals surface area contributed by atoms with Crippen molar-refractivity contribution in [1.29, 1.82) is 0 Å². The fourth-order valence-electron chi connectivity index (χ4n) is 10.6. The Bertz CT molecular complexity index is 1920. The minimum atomic E-state index is -4.62. The van der Waals surface area contributed by atoms with Crippen LogP contribution in [0.1, 0.15) is 79.0 Å².